The Kier molecular flexibility index (Phi) is 1.72. The van der Waals surface area contributed by atoms with Gasteiger partial charge in [0.15, 0.2) is 0 Å². The summed E-state index contributed by atoms with van der Waals surface area (Å²) in [7, 11) is 0. The van der Waals surface area contributed by atoms with Crippen LogP contribution in [0.25, 0.3) is 0 Å². The Morgan fingerprint density at radius 1 is 1.15 bits per heavy atom. The lowest BCUT2D eigenvalue weighted by Gasteiger charge is -2.38. The average Bonchev–Trinajstić information content (AvgIpc) is 2.73. The summed E-state index contributed by atoms with van der Waals surface area (Å²) in [5.41, 5.74) is -0.291. The maximum absolute atomic E-state index is 10.4. The first-order valence-corrected chi connectivity index (χ1v) is 5.74. The maximum Gasteiger partial charge on any atom is 0.0814 e. The van der Waals surface area contributed by atoms with E-state index in [0.29, 0.717) is 5.92 Å². The molecule has 1 N–H and O–H groups in total. The average molecular weight is 181 g/mol. The van der Waals surface area contributed by atoms with Crippen LogP contribution in [0.5, 0.6) is 0 Å². The first-order valence-electron chi connectivity index (χ1n) is 5.74. The lowest BCUT2D eigenvalue weighted by Crippen LogP contribution is -2.44. The Morgan fingerprint density at radius 3 is 2.46 bits per heavy atom. The van der Waals surface area contributed by atoms with Crippen molar-refractivity contribution in [2.45, 2.75) is 50.2 Å². The second-order valence-electron chi connectivity index (χ2n) is 5.18. The topological polar surface area (TPSA) is 23.5 Å². The van der Waals surface area contributed by atoms with E-state index in [-0.39, 0.29) is 5.60 Å². The molecule has 3 aliphatic rings. The zero-order valence-electron chi connectivity index (χ0n) is 8.21. The minimum absolute atomic E-state index is 0.291. The number of hydrogen-bond donors (Lipinski definition) is 1. The molecule has 74 valence electrons. The molecule has 2 aliphatic carbocycles. The minimum Gasteiger partial charge on any atom is -0.388 e. The number of hydrogen-bond acceptors (Lipinski definition) is 2. The Hall–Kier alpha value is -0.0800. The molecule has 0 aromatic carbocycles. The predicted molar refractivity (Wildman–Crippen MR) is 51.5 cm³/mol. The van der Waals surface area contributed by atoms with Crippen molar-refractivity contribution in [2.24, 2.45) is 5.92 Å². The Bertz CT molecular complexity index is 210. The molecular weight excluding hydrogens is 162 g/mol. The zero-order valence-corrected chi connectivity index (χ0v) is 8.21. The molecule has 1 atom stereocenters. The second-order valence-corrected chi connectivity index (χ2v) is 5.18. The number of rotatable bonds is 2. The molecule has 0 aromatic heterocycles. The van der Waals surface area contributed by atoms with E-state index >= 15 is 0 Å². The standard InChI is InChI=1S/C11H19NO/c13-11(9-2-1-3-9)6-7-12(8-11)10-4-5-10/h9-10,13H,1-8H2. The van der Waals surface area contributed by atoms with Gasteiger partial charge < -0.3 is 5.11 Å². The van der Waals surface area contributed by atoms with Crippen LogP contribution in [0.3, 0.4) is 0 Å². The highest BCUT2D eigenvalue weighted by Gasteiger charge is 2.47. The van der Waals surface area contributed by atoms with Crippen LogP contribution in [-0.2, 0) is 0 Å². The molecule has 1 heterocycles. The highest BCUT2D eigenvalue weighted by molar-refractivity contribution is 5.01. The van der Waals surface area contributed by atoms with Gasteiger partial charge in [-0.05, 0) is 38.0 Å². The molecule has 2 heteroatoms. The van der Waals surface area contributed by atoms with Crippen LogP contribution >= 0.6 is 0 Å². The van der Waals surface area contributed by atoms with Crippen molar-refractivity contribution in [3.63, 3.8) is 0 Å². The van der Waals surface area contributed by atoms with Crippen molar-refractivity contribution < 1.29 is 5.11 Å². The van der Waals surface area contributed by atoms with Gasteiger partial charge in [0.05, 0.1) is 5.60 Å². The lowest BCUT2D eigenvalue weighted by molar-refractivity contribution is -0.0412. The van der Waals surface area contributed by atoms with Gasteiger partial charge in [0.2, 0.25) is 0 Å². The van der Waals surface area contributed by atoms with Gasteiger partial charge in [0, 0.05) is 19.1 Å². The highest BCUT2D eigenvalue weighted by Crippen LogP contribution is 2.43. The maximum atomic E-state index is 10.4. The molecule has 0 bridgehead atoms. The monoisotopic (exact) mass is 181 g/mol. The van der Waals surface area contributed by atoms with E-state index in [1.807, 2.05) is 0 Å². The molecule has 13 heavy (non-hydrogen) atoms. The number of aliphatic hydroxyl groups is 1. The third kappa shape index (κ3) is 1.31. The van der Waals surface area contributed by atoms with Gasteiger partial charge in [-0.25, -0.2) is 0 Å². The highest BCUT2D eigenvalue weighted by atomic mass is 16.3. The van der Waals surface area contributed by atoms with Gasteiger partial charge in [-0.2, -0.15) is 0 Å². The van der Waals surface area contributed by atoms with Crippen LogP contribution in [0.15, 0.2) is 0 Å². The van der Waals surface area contributed by atoms with Gasteiger partial charge in [0.25, 0.3) is 0 Å². The van der Waals surface area contributed by atoms with Crippen LogP contribution < -0.4 is 0 Å². The van der Waals surface area contributed by atoms with E-state index in [0.717, 1.165) is 25.6 Å². The van der Waals surface area contributed by atoms with Crippen molar-refractivity contribution in [1.82, 2.24) is 4.90 Å². The van der Waals surface area contributed by atoms with Gasteiger partial charge in [-0.3, -0.25) is 4.90 Å². The second kappa shape index (κ2) is 2.71. The van der Waals surface area contributed by atoms with Gasteiger partial charge >= 0.3 is 0 Å². The summed E-state index contributed by atoms with van der Waals surface area (Å²) in [5.74, 6) is 0.635. The number of likely N-dealkylation sites (tertiary alicyclic amines) is 1. The largest absolute Gasteiger partial charge is 0.388 e. The quantitative estimate of drug-likeness (QED) is 0.696. The summed E-state index contributed by atoms with van der Waals surface area (Å²) >= 11 is 0. The molecule has 0 amide bonds. The van der Waals surface area contributed by atoms with Gasteiger partial charge in [0.1, 0.15) is 0 Å². The summed E-state index contributed by atoms with van der Waals surface area (Å²) in [5, 5.41) is 10.4. The van der Waals surface area contributed by atoms with Crippen molar-refractivity contribution >= 4 is 0 Å². The summed E-state index contributed by atoms with van der Waals surface area (Å²) in [4.78, 5) is 2.51. The normalized spacial score (nSPS) is 42.2. The number of β-amino-alcohol motifs (C(OH)–C–C–N with tert-alkyl or cyclic N) is 1. The van der Waals surface area contributed by atoms with E-state index < -0.39 is 0 Å². The fourth-order valence-corrected chi connectivity index (χ4v) is 2.88. The molecule has 0 radical (unpaired) electrons. The molecule has 2 saturated carbocycles. The van der Waals surface area contributed by atoms with Crippen molar-refractivity contribution in [3.8, 4) is 0 Å². The first kappa shape index (κ1) is 8.25. The first-order chi connectivity index (χ1) is 6.28. The van der Waals surface area contributed by atoms with Crippen molar-refractivity contribution in [2.75, 3.05) is 13.1 Å². The summed E-state index contributed by atoms with van der Waals surface area (Å²) in [6, 6.07) is 0.842. The Morgan fingerprint density at radius 2 is 1.92 bits per heavy atom. The molecule has 2 nitrogen and oxygen atoms in total. The summed E-state index contributed by atoms with van der Waals surface area (Å²) < 4.78 is 0. The Labute approximate surface area is 79.9 Å². The molecule has 3 fully saturated rings. The van der Waals surface area contributed by atoms with Crippen molar-refractivity contribution in [3.05, 3.63) is 0 Å². The third-order valence-electron chi connectivity index (χ3n) is 4.24. The minimum atomic E-state index is -0.291. The van der Waals surface area contributed by atoms with E-state index in [4.69, 9.17) is 0 Å². The molecule has 1 saturated heterocycles. The molecule has 0 spiro atoms. The van der Waals surface area contributed by atoms with E-state index in [1.165, 1.54) is 32.1 Å². The number of nitrogens with zero attached hydrogens (tertiary/aromatic N) is 1. The molecular formula is C11H19NO. The SMILES string of the molecule is OC1(C2CCC2)CCN(C2CC2)C1. The van der Waals surface area contributed by atoms with Crippen LogP contribution in [0.1, 0.15) is 38.5 Å². The van der Waals surface area contributed by atoms with E-state index in [2.05, 4.69) is 4.90 Å². The van der Waals surface area contributed by atoms with Crippen molar-refractivity contribution in [1.29, 1.82) is 0 Å². The smallest absolute Gasteiger partial charge is 0.0814 e. The van der Waals surface area contributed by atoms with Crippen LogP contribution in [0.2, 0.25) is 0 Å². The molecule has 1 unspecified atom stereocenters. The summed E-state index contributed by atoms with van der Waals surface area (Å²) in [6.45, 7) is 2.12. The lowest BCUT2D eigenvalue weighted by atomic mass is 9.72. The van der Waals surface area contributed by atoms with Crippen LogP contribution in [0, 0.1) is 5.92 Å². The predicted octanol–water partition coefficient (Wildman–Crippen LogP) is 1.39. The van der Waals surface area contributed by atoms with Crippen LogP contribution in [-0.4, -0.2) is 34.7 Å². The van der Waals surface area contributed by atoms with Gasteiger partial charge in [-0.1, -0.05) is 6.42 Å². The van der Waals surface area contributed by atoms with E-state index in [9.17, 15) is 5.11 Å². The molecule has 3 rings (SSSR count). The fraction of sp³-hybridized carbons (Fsp3) is 1.00. The molecule has 1 aliphatic heterocycles. The summed E-state index contributed by atoms with van der Waals surface area (Å²) in [6.07, 6.45) is 7.68. The van der Waals surface area contributed by atoms with Crippen LogP contribution in [0.4, 0.5) is 0 Å². The zero-order chi connectivity index (χ0) is 8.89. The fourth-order valence-electron chi connectivity index (χ4n) is 2.88. The van der Waals surface area contributed by atoms with E-state index in [1.54, 1.807) is 0 Å². The Balaban J connectivity index is 1.64. The molecule has 0 aromatic rings. The third-order valence-corrected chi connectivity index (χ3v) is 4.24. The van der Waals surface area contributed by atoms with Gasteiger partial charge in [-0.15, -0.1) is 0 Å².